The Morgan fingerprint density at radius 1 is 1.47 bits per heavy atom. The van der Waals surface area contributed by atoms with E-state index in [1.807, 2.05) is 0 Å². The minimum Gasteiger partial charge on any atom is -0.479 e. The van der Waals surface area contributed by atoms with E-state index in [9.17, 15) is 18.8 Å². The molecule has 2 atom stereocenters. The quantitative estimate of drug-likeness (QED) is 0.686. The molecule has 0 radical (unpaired) electrons. The summed E-state index contributed by atoms with van der Waals surface area (Å²) in [5.41, 5.74) is -0.836. The number of carbonyl (C=O) groups is 3. The molecule has 0 bridgehead atoms. The number of hydrogen-bond acceptors (Lipinski definition) is 4. The molecule has 0 spiro atoms. The van der Waals surface area contributed by atoms with Gasteiger partial charge in [-0.1, -0.05) is 0 Å². The van der Waals surface area contributed by atoms with Crippen LogP contribution >= 0.6 is 0 Å². The number of nitrogens with zero attached hydrogens (tertiary/aromatic N) is 1. The van der Waals surface area contributed by atoms with Gasteiger partial charge in [0.15, 0.2) is 12.2 Å². The third kappa shape index (κ3) is 2.92. The molecular formula is C10H14FNO5. The predicted molar refractivity (Wildman–Crippen MR) is 54.3 cm³/mol. The first-order valence-electron chi connectivity index (χ1n) is 5.03. The highest BCUT2D eigenvalue weighted by Gasteiger charge is 2.48. The fourth-order valence-electron chi connectivity index (χ4n) is 1.45. The van der Waals surface area contributed by atoms with Crippen molar-refractivity contribution in [3.63, 3.8) is 0 Å². The minimum atomic E-state index is -1.97. The van der Waals surface area contributed by atoms with Crippen molar-refractivity contribution in [3.05, 3.63) is 0 Å². The van der Waals surface area contributed by atoms with Gasteiger partial charge in [-0.05, 0) is 20.8 Å². The number of carboxylic acid groups (broad SMARTS) is 1. The fourth-order valence-corrected chi connectivity index (χ4v) is 1.45. The number of aliphatic carboxylic acids is 1. The molecule has 1 rings (SSSR count). The van der Waals surface area contributed by atoms with Crippen LogP contribution in [-0.2, 0) is 14.3 Å². The number of hydrogen-bond donors (Lipinski definition) is 1. The highest BCUT2D eigenvalue weighted by atomic mass is 19.1. The zero-order valence-corrected chi connectivity index (χ0v) is 9.77. The topological polar surface area (TPSA) is 83.9 Å². The van der Waals surface area contributed by atoms with E-state index in [0.717, 1.165) is 0 Å². The number of carboxylic acids is 1. The molecule has 1 aliphatic heterocycles. The summed E-state index contributed by atoms with van der Waals surface area (Å²) in [5.74, 6) is -2.68. The normalized spacial score (nSPS) is 24.9. The molecule has 1 fully saturated rings. The number of halogens is 1. The van der Waals surface area contributed by atoms with E-state index < -0.39 is 42.2 Å². The predicted octanol–water partition coefficient (Wildman–Crippen LogP) is 0.597. The highest BCUT2D eigenvalue weighted by molar-refractivity contribution is 6.08. The molecule has 6 nitrogen and oxygen atoms in total. The van der Waals surface area contributed by atoms with E-state index in [-0.39, 0.29) is 0 Å². The maximum absolute atomic E-state index is 13.1. The van der Waals surface area contributed by atoms with Crippen molar-refractivity contribution >= 4 is 17.8 Å². The van der Waals surface area contributed by atoms with Gasteiger partial charge in [0.1, 0.15) is 5.60 Å². The molecule has 1 saturated heterocycles. The first-order chi connectivity index (χ1) is 7.63. The van der Waals surface area contributed by atoms with Gasteiger partial charge in [0.2, 0.25) is 5.78 Å². The molecule has 0 aromatic heterocycles. The van der Waals surface area contributed by atoms with Crippen LogP contribution in [0.15, 0.2) is 0 Å². The SMILES string of the molecule is CC(C)(C)OC(=O)N1C[C@H](F)C(=O)[C@H]1C(=O)O. The lowest BCUT2D eigenvalue weighted by Gasteiger charge is -2.25. The zero-order valence-electron chi connectivity index (χ0n) is 9.77. The average Bonchev–Trinajstić information content (AvgIpc) is 2.40. The summed E-state index contributed by atoms with van der Waals surface area (Å²) in [6.45, 7) is 4.19. The second kappa shape index (κ2) is 4.31. The first kappa shape index (κ1) is 13.4. The first-order valence-corrected chi connectivity index (χ1v) is 5.03. The Morgan fingerprint density at radius 3 is 2.41 bits per heavy atom. The standard InChI is InChI=1S/C10H14FNO5/c1-10(2,3)17-9(16)12-4-5(11)7(13)6(12)8(14)15/h5-6H,4H2,1-3H3,(H,14,15)/t5-,6-/m0/s1. The lowest BCUT2D eigenvalue weighted by Crippen LogP contribution is -2.45. The number of carbonyl (C=O) groups excluding carboxylic acids is 2. The third-order valence-electron chi connectivity index (χ3n) is 2.11. The summed E-state index contributed by atoms with van der Waals surface area (Å²) in [6.07, 6.45) is -2.97. The van der Waals surface area contributed by atoms with E-state index in [2.05, 4.69) is 0 Å². The molecule has 0 unspecified atom stereocenters. The van der Waals surface area contributed by atoms with Crippen LogP contribution in [0.25, 0.3) is 0 Å². The molecule has 0 aromatic carbocycles. The Morgan fingerprint density at radius 2 is 2.00 bits per heavy atom. The number of likely N-dealkylation sites (tertiary alicyclic amines) is 1. The molecule has 0 saturated carbocycles. The van der Waals surface area contributed by atoms with E-state index in [4.69, 9.17) is 9.84 Å². The Labute approximate surface area is 97.3 Å². The summed E-state index contributed by atoms with van der Waals surface area (Å²) in [7, 11) is 0. The molecule has 0 aliphatic carbocycles. The van der Waals surface area contributed by atoms with E-state index in [1.165, 1.54) is 0 Å². The Hall–Kier alpha value is -1.66. The van der Waals surface area contributed by atoms with Crippen molar-refractivity contribution in [2.45, 2.75) is 38.6 Å². The molecule has 1 N–H and O–H groups in total. The lowest BCUT2D eigenvalue weighted by atomic mass is 10.2. The van der Waals surface area contributed by atoms with Crippen LogP contribution in [0.3, 0.4) is 0 Å². The summed E-state index contributed by atoms with van der Waals surface area (Å²) in [6, 6.07) is -1.79. The van der Waals surface area contributed by atoms with Crippen LogP contribution in [-0.4, -0.2) is 52.2 Å². The highest BCUT2D eigenvalue weighted by Crippen LogP contribution is 2.20. The van der Waals surface area contributed by atoms with Crippen LogP contribution in [0.1, 0.15) is 20.8 Å². The Balaban J connectivity index is 2.86. The Bertz CT molecular complexity index is 362. The van der Waals surface area contributed by atoms with Crippen molar-refractivity contribution in [1.82, 2.24) is 4.90 Å². The van der Waals surface area contributed by atoms with Gasteiger partial charge < -0.3 is 9.84 Å². The second-order valence-electron chi connectivity index (χ2n) is 4.74. The largest absolute Gasteiger partial charge is 0.479 e. The monoisotopic (exact) mass is 247 g/mol. The molecule has 0 aromatic rings. The van der Waals surface area contributed by atoms with Crippen LogP contribution in [0.2, 0.25) is 0 Å². The van der Waals surface area contributed by atoms with Gasteiger partial charge in [0, 0.05) is 0 Å². The van der Waals surface area contributed by atoms with Crippen molar-refractivity contribution in [2.24, 2.45) is 0 Å². The molecule has 1 heterocycles. The van der Waals surface area contributed by atoms with Gasteiger partial charge in [-0.3, -0.25) is 9.69 Å². The molecular weight excluding hydrogens is 233 g/mol. The smallest absolute Gasteiger partial charge is 0.411 e. The third-order valence-corrected chi connectivity index (χ3v) is 2.11. The molecule has 1 amide bonds. The van der Waals surface area contributed by atoms with Crippen LogP contribution in [0, 0.1) is 0 Å². The van der Waals surface area contributed by atoms with Crippen molar-refractivity contribution in [2.75, 3.05) is 6.54 Å². The van der Waals surface area contributed by atoms with Crippen molar-refractivity contribution in [3.8, 4) is 0 Å². The summed E-state index contributed by atoms with van der Waals surface area (Å²) < 4.78 is 18.0. The molecule has 96 valence electrons. The number of rotatable bonds is 1. The van der Waals surface area contributed by atoms with Crippen molar-refractivity contribution < 1.29 is 28.6 Å². The summed E-state index contributed by atoms with van der Waals surface area (Å²) >= 11 is 0. The summed E-state index contributed by atoms with van der Waals surface area (Å²) in [5, 5.41) is 8.78. The average molecular weight is 247 g/mol. The van der Waals surface area contributed by atoms with Crippen molar-refractivity contribution in [1.29, 1.82) is 0 Å². The number of ketones is 1. The zero-order chi connectivity index (χ0) is 13.4. The molecule has 1 aliphatic rings. The molecule has 17 heavy (non-hydrogen) atoms. The van der Waals surface area contributed by atoms with Gasteiger partial charge in [0.05, 0.1) is 6.54 Å². The van der Waals surface area contributed by atoms with Gasteiger partial charge in [-0.15, -0.1) is 0 Å². The van der Waals surface area contributed by atoms with E-state index >= 15 is 0 Å². The van der Waals surface area contributed by atoms with Gasteiger partial charge >= 0.3 is 12.1 Å². The maximum atomic E-state index is 13.1. The number of ether oxygens (including phenoxy) is 1. The number of Topliss-reactive ketones (excluding diaryl/α,β-unsaturated/α-hetero) is 1. The van der Waals surface area contributed by atoms with Crippen LogP contribution in [0.4, 0.5) is 9.18 Å². The van der Waals surface area contributed by atoms with Crippen LogP contribution in [0.5, 0.6) is 0 Å². The van der Waals surface area contributed by atoms with E-state index in [1.54, 1.807) is 20.8 Å². The van der Waals surface area contributed by atoms with Crippen LogP contribution < -0.4 is 0 Å². The minimum absolute atomic E-state index is 0.579. The maximum Gasteiger partial charge on any atom is 0.411 e. The fraction of sp³-hybridized carbons (Fsp3) is 0.700. The lowest BCUT2D eigenvalue weighted by molar-refractivity contribution is -0.145. The number of amides is 1. The second-order valence-corrected chi connectivity index (χ2v) is 4.74. The van der Waals surface area contributed by atoms with Gasteiger partial charge in [-0.2, -0.15) is 0 Å². The number of alkyl halides is 1. The van der Waals surface area contributed by atoms with Gasteiger partial charge in [0.25, 0.3) is 0 Å². The Kier molecular flexibility index (Phi) is 3.40. The summed E-state index contributed by atoms with van der Waals surface area (Å²) in [4.78, 5) is 34.2. The molecule has 7 heteroatoms. The van der Waals surface area contributed by atoms with E-state index in [0.29, 0.717) is 4.90 Å². The van der Waals surface area contributed by atoms with Gasteiger partial charge in [-0.25, -0.2) is 14.0 Å².